The molecule has 140 valence electrons. The van der Waals surface area contributed by atoms with Gasteiger partial charge in [-0.2, -0.15) is 0 Å². The SMILES string of the molecule is N[C@@H](C=O)[C@@H](O[C@@H]1O[C@H](C(=O)O)[C@@H](O)[C@H](O)[C@H]1O)[C@H](O)[C@H](O)CO. The van der Waals surface area contributed by atoms with Gasteiger partial charge in [-0.15, -0.1) is 0 Å². The van der Waals surface area contributed by atoms with Crippen molar-refractivity contribution in [3.05, 3.63) is 0 Å². The van der Waals surface area contributed by atoms with Gasteiger partial charge in [0.2, 0.25) is 0 Å². The average molecular weight is 355 g/mol. The van der Waals surface area contributed by atoms with Gasteiger partial charge < -0.3 is 55.7 Å². The molecule has 0 spiro atoms. The number of aldehydes is 1. The van der Waals surface area contributed by atoms with Crippen LogP contribution >= 0.6 is 0 Å². The van der Waals surface area contributed by atoms with E-state index >= 15 is 0 Å². The number of carbonyl (C=O) groups excluding carboxylic acids is 1. The van der Waals surface area contributed by atoms with Crippen LogP contribution in [0, 0.1) is 0 Å². The van der Waals surface area contributed by atoms with Crippen molar-refractivity contribution in [2.75, 3.05) is 6.61 Å². The zero-order valence-electron chi connectivity index (χ0n) is 12.3. The molecule has 9 atom stereocenters. The highest BCUT2D eigenvalue weighted by Crippen LogP contribution is 2.24. The first-order valence-corrected chi connectivity index (χ1v) is 6.91. The number of rotatable bonds is 8. The maximum atomic E-state index is 11.0. The molecule has 0 unspecified atom stereocenters. The lowest BCUT2D eigenvalue weighted by Crippen LogP contribution is -2.63. The van der Waals surface area contributed by atoms with Gasteiger partial charge >= 0.3 is 5.97 Å². The number of hydrogen-bond donors (Lipinski definition) is 8. The Hall–Kier alpha value is -1.22. The zero-order chi connectivity index (χ0) is 18.6. The van der Waals surface area contributed by atoms with E-state index in [9.17, 15) is 35.1 Å². The first-order chi connectivity index (χ1) is 11.1. The first kappa shape index (κ1) is 20.8. The molecule has 12 heteroatoms. The molecule has 24 heavy (non-hydrogen) atoms. The number of aliphatic hydroxyl groups excluding tert-OH is 6. The highest BCUT2D eigenvalue weighted by atomic mass is 16.7. The van der Waals surface area contributed by atoms with Crippen molar-refractivity contribution >= 4 is 12.3 Å². The number of nitrogens with two attached hydrogens (primary N) is 1. The molecule has 12 nitrogen and oxygen atoms in total. The van der Waals surface area contributed by atoms with Crippen molar-refractivity contribution < 1.29 is 54.8 Å². The summed E-state index contributed by atoms with van der Waals surface area (Å²) in [6.45, 7) is -0.903. The van der Waals surface area contributed by atoms with Crippen molar-refractivity contribution in [1.29, 1.82) is 0 Å². The van der Waals surface area contributed by atoms with Crippen molar-refractivity contribution in [1.82, 2.24) is 0 Å². The molecule has 1 rings (SSSR count). The van der Waals surface area contributed by atoms with Gasteiger partial charge in [0.1, 0.15) is 42.9 Å². The Kier molecular flexibility index (Phi) is 7.59. The lowest BCUT2D eigenvalue weighted by atomic mass is 9.98. The summed E-state index contributed by atoms with van der Waals surface area (Å²) in [5, 5.41) is 66.1. The number of hydrogen-bond acceptors (Lipinski definition) is 11. The molecule has 0 aromatic heterocycles. The lowest BCUT2D eigenvalue weighted by Gasteiger charge is -2.41. The van der Waals surface area contributed by atoms with Gasteiger partial charge in [0.15, 0.2) is 12.4 Å². The number of carbonyl (C=O) groups is 2. The fourth-order valence-electron chi connectivity index (χ4n) is 2.12. The van der Waals surface area contributed by atoms with E-state index in [2.05, 4.69) is 0 Å². The van der Waals surface area contributed by atoms with Gasteiger partial charge in [0.05, 0.1) is 12.6 Å². The molecule has 1 aliphatic heterocycles. The van der Waals surface area contributed by atoms with Gasteiger partial charge in [-0.1, -0.05) is 0 Å². The molecule has 0 radical (unpaired) electrons. The van der Waals surface area contributed by atoms with Crippen molar-refractivity contribution in [2.24, 2.45) is 5.73 Å². The van der Waals surface area contributed by atoms with E-state index in [-0.39, 0.29) is 6.29 Å². The zero-order valence-corrected chi connectivity index (χ0v) is 12.3. The Balaban J connectivity index is 2.98. The largest absolute Gasteiger partial charge is 0.479 e. The van der Waals surface area contributed by atoms with E-state index in [4.69, 9.17) is 25.4 Å². The maximum Gasteiger partial charge on any atom is 0.335 e. The number of aliphatic hydroxyl groups is 6. The van der Waals surface area contributed by atoms with Crippen LogP contribution in [0.3, 0.4) is 0 Å². The minimum absolute atomic E-state index is 0.146. The Bertz CT molecular complexity index is 435. The summed E-state index contributed by atoms with van der Waals surface area (Å²) >= 11 is 0. The van der Waals surface area contributed by atoms with Crippen LogP contribution < -0.4 is 5.73 Å². The molecular formula is C12H21NO11. The lowest BCUT2D eigenvalue weighted by molar-refractivity contribution is -0.313. The van der Waals surface area contributed by atoms with Crippen LogP contribution in [0.25, 0.3) is 0 Å². The molecule has 1 aliphatic rings. The maximum absolute atomic E-state index is 11.0. The smallest absolute Gasteiger partial charge is 0.335 e. The Morgan fingerprint density at radius 1 is 1.21 bits per heavy atom. The number of carboxylic acid groups (broad SMARTS) is 1. The van der Waals surface area contributed by atoms with E-state index in [0.717, 1.165) is 0 Å². The predicted octanol–water partition coefficient (Wildman–Crippen LogP) is -5.50. The number of carboxylic acids is 1. The molecule has 1 heterocycles. The summed E-state index contributed by atoms with van der Waals surface area (Å²) < 4.78 is 9.88. The normalized spacial score (nSPS) is 35.7. The van der Waals surface area contributed by atoms with Crippen LogP contribution in [0.15, 0.2) is 0 Å². The summed E-state index contributed by atoms with van der Waals surface area (Å²) in [4.78, 5) is 21.8. The van der Waals surface area contributed by atoms with E-state index in [0.29, 0.717) is 0 Å². The topological polar surface area (TPSA) is 220 Å². The predicted molar refractivity (Wildman–Crippen MR) is 72.3 cm³/mol. The van der Waals surface area contributed by atoms with Crippen molar-refractivity contribution in [3.63, 3.8) is 0 Å². The monoisotopic (exact) mass is 355 g/mol. The fraction of sp³-hybridized carbons (Fsp3) is 0.833. The standard InChI is InChI=1S/C12H21NO11/c13-3(1-14)9(5(17)4(16)2-15)23-12-8(20)6(18)7(19)10(24-12)11(21)22/h1,3-10,12,15-20H,2,13H2,(H,21,22)/t3-,4+,5+,6-,7-,8+,9+,10-,12+/m0/s1. The van der Waals surface area contributed by atoms with Crippen molar-refractivity contribution in [3.8, 4) is 0 Å². The third-order valence-corrected chi connectivity index (χ3v) is 3.56. The number of aliphatic carboxylic acids is 1. The molecule has 1 fully saturated rings. The third-order valence-electron chi connectivity index (χ3n) is 3.56. The van der Waals surface area contributed by atoms with Crippen LogP contribution in [0.1, 0.15) is 0 Å². The van der Waals surface area contributed by atoms with Crippen LogP contribution in [0.4, 0.5) is 0 Å². The van der Waals surface area contributed by atoms with Gasteiger partial charge in [0, 0.05) is 0 Å². The molecule has 0 bridgehead atoms. The van der Waals surface area contributed by atoms with E-state index < -0.39 is 67.6 Å². The molecule has 0 aromatic carbocycles. The van der Waals surface area contributed by atoms with Gasteiger partial charge in [-0.25, -0.2) is 4.79 Å². The average Bonchev–Trinajstić information content (AvgIpc) is 2.56. The molecule has 9 N–H and O–H groups in total. The highest BCUT2D eigenvalue weighted by Gasteiger charge is 2.49. The molecule has 0 amide bonds. The first-order valence-electron chi connectivity index (χ1n) is 6.91. The second kappa shape index (κ2) is 8.75. The highest BCUT2D eigenvalue weighted by molar-refractivity contribution is 5.73. The summed E-state index contributed by atoms with van der Waals surface area (Å²) in [7, 11) is 0. The summed E-state index contributed by atoms with van der Waals surface area (Å²) in [6.07, 6.45) is -14.9. The minimum atomic E-state index is -1.96. The van der Waals surface area contributed by atoms with Gasteiger partial charge in [-0.3, -0.25) is 0 Å². The quantitative estimate of drug-likeness (QED) is 0.191. The van der Waals surface area contributed by atoms with Crippen LogP contribution in [0.2, 0.25) is 0 Å². The number of ether oxygens (including phenoxy) is 2. The third kappa shape index (κ3) is 4.44. The molecule has 1 saturated heterocycles. The Morgan fingerprint density at radius 3 is 2.25 bits per heavy atom. The second-order valence-electron chi connectivity index (χ2n) is 5.29. The van der Waals surface area contributed by atoms with Gasteiger partial charge in [0.25, 0.3) is 0 Å². The molecule has 0 saturated carbocycles. The molecular weight excluding hydrogens is 334 g/mol. The summed E-state index contributed by atoms with van der Waals surface area (Å²) in [5.74, 6) is -1.66. The van der Waals surface area contributed by atoms with Crippen LogP contribution in [-0.4, -0.2) is 110 Å². The van der Waals surface area contributed by atoms with E-state index in [1.807, 2.05) is 0 Å². The summed E-state index contributed by atoms with van der Waals surface area (Å²) in [5.41, 5.74) is 5.42. The summed E-state index contributed by atoms with van der Waals surface area (Å²) in [6, 6.07) is -1.54. The van der Waals surface area contributed by atoms with E-state index in [1.54, 1.807) is 0 Å². The minimum Gasteiger partial charge on any atom is -0.479 e. The van der Waals surface area contributed by atoms with Crippen LogP contribution in [0.5, 0.6) is 0 Å². The Morgan fingerprint density at radius 2 is 1.79 bits per heavy atom. The fourth-order valence-corrected chi connectivity index (χ4v) is 2.12. The van der Waals surface area contributed by atoms with Crippen molar-refractivity contribution in [2.45, 2.75) is 55.1 Å². The molecule has 0 aliphatic carbocycles. The van der Waals surface area contributed by atoms with Crippen LogP contribution in [-0.2, 0) is 19.1 Å². The molecule has 0 aromatic rings. The second-order valence-corrected chi connectivity index (χ2v) is 5.29. The van der Waals surface area contributed by atoms with Gasteiger partial charge in [-0.05, 0) is 0 Å². The Labute approximate surface area is 135 Å². The van der Waals surface area contributed by atoms with E-state index in [1.165, 1.54) is 0 Å².